The number of hydrogen-bond donors (Lipinski definition) is 0. The third-order valence-electron chi connectivity index (χ3n) is 11.2. The minimum Gasteiger partial charge on any atom is -0.453 e. The number of benzene rings is 8. The largest absolute Gasteiger partial charge is 0.453 e. The van der Waals surface area contributed by atoms with E-state index in [0.29, 0.717) is 5.82 Å². The lowest BCUT2D eigenvalue weighted by Crippen LogP contribution is -1.96. The summed E-state index contributed by atoms with van der Waals surface area (Å²) in [6.07, 6.45) is 0. The average Bonchev–Trinajstić information content (AvgIpc) is 3.96. The molecule has 0 saturated carbocycles. The van der Waals surface area contributed by atoms with Gasteiger partial charge in [0.15, 0.2) is 11.4 Å². The Labute approximate surface area is 331 Å². The molecule has 8 aromatic carbocycles. The molecule has 0 spiro atoms. The first-order valence-corrected chi connectivity index (χ1v) is 20.0. The van der Waals surface area contributed by atoms with Crippen molar-refractivity contribution in [1.82, 2.24) is 14.5 Å². The van der Waals surface area contributed by atoms with Gasteiger partial charge in [0.2, 0.25) is 0 Å². The Balaban J connectivity index is 1.09. The molecule has 0 unspecified atom stereocenters. The van der Waals surface area contributed by atoms with Crippen LogP contribution in [0.25, 0.3) is 115 Å². The minimum atomic E-state index is 0.620. The van der Waals surface area contributed by atoms with Gasteiger partial charge in [0, 0.05) is 58.5 Å². The van der Waals surface area contributed by atoms with Crippen molar-refractivity contribution < 1.29 is 4.42 Å². The Kier molecular flexibility index (Phi) is 7.06. The first kappa shape index (κ1) is 32.0. The fourth-order valence-corrected chi connectivity index (χ4v) is 9.62. The molecule has 12 aromatic rings. The van der Waals surface area contributed by atoms with E-state index in [-0.39, 0.29) is 0 Å². The van der Waals surface area contributed by atoms with Crippen molar-refractivity contribution in [3.63, 3.8) is 0 Å². The maximum atomic E-state index is 7.09. The summed E-state index contributed by atoms with van der Waals surface area (Å²) in [6.45, 7) is 0. The lowest BCUT2D eigenvalue weighted by molar-refractivity contribution is 0.671. The van der Waals surface area contributed by atoms with Crippen LogP contribution in [-0.4, -0.2) is 14.5 Å². The van der Waals surface area contributed by atoms with Gasteiger partial charge in [-0.1, -0.05) is 133 Å². The van der Waals surface area contributed by atoms with Crippen molar-refractivity contribution >= 4 is 75.3 Å². The molecule has 0 radical (unpaired) electrons. The average molecular weight is 746 g/mol. The van der Waals surface area contributed by atoms with Crippen molar-refractivity contribution in [2.75, 3.05) is 0 Å². The third-order valence-corrected chi connectivity index (χ3v) is 12.4. The fraction of sp³-hybridized carbons (Fsp3) is 0. The zero-order valence-electron chi connectivity index (χ0n) is 30.6. The Morgan fingerprint density at radius 2 is 1.02 bits per heavy atom. The van der Waals surface area contributed by atoms with Crippen LogP contribution >= 0.6 is 11.3 Å². The molecule has 0 atom stereocenters. The van der Waals surface area contributed by atoms with Gasteiger partial charge in [-0.05, 0) is 65.7 Å². The van der Waals surface area contributed by atoms with Gasteiger partial charge in [-0.15, -0.1) is 11.3 Å². The summed E-state index contributed by atoms with van der Waals surface area (Å²) >= 11 is 1.82. The Morgan fingerprint density at radius 3 is 1.86 bits per heavy atom. The SMILES string of the molecule is c1ccc(-c2ccc(-c3cc(-c4ccc5sc6ccccc6c5c4)nc(-c4cccc5c4oc4c5ccc5c6ccccc6n(-c6ccccc6)c54)n3)cc2)cc1. The highest BCUT2D eigenvalue weighted by atomic mass is 32.1. The van der Waals surface area contributed by atoms with Gasteiger partial charge >= 0.3 is 0 Å². The molecule has 0 aliphatic rings. The molecule has 0 amide bonds. The highest BCUT2D eigenvalue weighted by Gasteiger charge is 2.22. The monoisotopic (exact) mass is 745 g/mol. The maximum absolute atomic E-state index is 7.09. The van der Waals surface area contributed by atoms with Crippen LogP contribution in [0.15, 0.2) is 192 Å². The van der Waals surface area contributed by atoms with E-state index in [1.165, 1.54) is 31.1 Å². The highest BCUT2D eigenvalue weighted by molar-refractivity contribution is 7.25. The van der Waals surface area contributed by atoms with Crippen molar-refractivity contribution in [2.24, 2.45) is 0 Å². The molecule has 5 heteroatoms. The Morgan fingerprint density at radius 1 is 0.404 bits per heavy atom. The lowest BCUT2D eigenvalue weighted by atomic mass is 10.0. The van der Waals surface area contributed by atoms with Crippen LogP contribution in [0.4, 0.5) is 0 Å². The van der Waals surface area contributed by atoms with Crippen molar-refractivity contribution in [3.8, 4) is 50.7 Å². The van der Waals surface area contributed by atoms with Gasteiger partial charge in [-0.25, -0.2) is 9.97 Å². The predicted octanol–water partition coefficient (Wildman–Crippen LogP) is 14.5. The van der Waals surface area contributed by atoms with Crippen LogP contribution in [0.1, 0.15) is 0 Å². The van der Waals surface area contributed by atoms with E-state index >= 15 is 0 Å². The molecule has 4 heterocycles. The Bertz CT molecular complexity index is 3510. The molecule has 57 heavy (non-hydrogen) atoms. The number of thiophene rings is 1. The van der Waals surface area contributed by atoms with Gasteiger partial charge in [-0.3, -0.25) is 0 Å². The smallest absolute Gasteiger partial charge is 0.164 e. The molecule has 0 fully saturated rings. The molecule has 0 bridgehead atoms. The number of nitrogens with zero attached hydrogens (tertiary/aromatic N) is 3. The molecular weight excluding hydrogens is 715 g/mol. The van der Waals surface area contributed by atoms with Crippen LogP contribution in [0.3, 0.4) is 0 Å². The third kappa shape index (κ3) is 5.06. The van der Waals surface area contributed by atoms with Gasteiger partial charge in [0.1, 0.15) is 5.58 Å². The van der Waals surface area contributed by atoms with E-state index in [9.17, 15) is 0 Å². The molecule has 4 aromatic heterocycles. The van der Waals surface area contributed by atoms with Gasteiger partial charge < -0.3 is 8.98 Å². The molecular formula is C52H31N3OS. The van der Waals surface area contributed by atoms with Crippen molar-refractivity contribution in [2.45, 2.75) is 0 Å². The fourth-order valence-electron chi connectivity index (χ4n) is 8.54. The second-order valence-electron chi connectivity index (χ2n) is 14.5. The molecule has 0 saturated heterocycles. The normalized spacial score (nSPS) is 11.9. The number of rotatable bonds is 5. The Hall–Kier alpha value is -7.34. The van der Waals surface area contributed by atoms with Crippen LogP contribution in [-0.2, 0) is 0 Å². The summed E-state index contributed by atoms with van der Waals surface area (Å²) in [5.41, 5.74) is 11.9. The molecule has 12 rings (SSSR count). The standard InChI is InChI=1S/C52H31N3OS/c1-3-12-32(13-4-1)33-22-24-34(25-23-33)44-31-45(35-26-29-48-43(30-35)38-17-8-10-21-47(38)57-48)54-52(53-44)42-19-11-18-40-41-28-27-39-37-16-7-9-20-46(37)55(36-14-5-2-6-15-36)49(39)51(41)56-50(40)42/h1-31H. The molecule has 0 N–H and O–H groups in total. The lowest BCUT2D eigenvalue weighted by Gasteiger charge is -2.11. The molecule has 266 valence electrons. The topological polar surface area (TPSA) is 43.9 Å². The number of aromatic nitrogens is 3. The molecule has 0 aliphatic heterocycles. The summed E-state index contributed by atoms with van der Waals surface area (Å²) < 4.78 is 12.0. The van der Waals surface area contributed by atoms with E-state index in [1.54, 1.807) is 0 Å². The van der Waals surface area contributed by atoms with Crippen LogP contribution in [0.2, 0.25) is 0 Å². The number of para-hydroxylation sites is 3. The summed E-state index contributed by atoms with van der Waals surface area (Å²) in [5.74, 6) is 0.620. The summed E-state index contributed by atoms with van der Waals surface area (Å²) in [5, 5.41) is 6.92. The number of hydrogen-bond acceptors (Lipinski definition) is 4. The van der Waals surface area contributed by atoms with E-state index in [1.807, 2.05) is 17.4 Å². The molecule has 4 nitrogen and oxygen atoms in total. The first-order chi connectivity index (χ1) is 28.2. The number of furan rings is 1. The zero-order chi connectivity index (χ0) is 37.5. The summed E-state index contributed by atoms with van der Waals surface area (Å²) in [7, 11) is 0. The predicted molar refractivity (Wildman–Crippen MR) is 238 cm³/mol. The first-order valence-electron chi connectivity index (χ1n) is 19.1. The van der Waals surface area contributed by atoms with Gasteiger partial charge in [-0.2, -0.15) is 0 Å². The van der Waals surface area contributed by atoms with E-state index in [0.717, 1.165) is 77.7 Å². The van der Waals surface area contributed by atoms with Gasteiger partial charge in [0.25, 0.3) is 0 Å². The summed E-state index contributed by atoms with van der Waals surface area (Å²) in [6, 6.07) is 66.5. The second-order valence-corrected chi connectivity index (χ2v) is 15.6. The minimum absolute atomic E-state index is 0.620. The summed E-state index contributed by atoms with van der Waals surface area (Å²) in [4.78, 5) is 10.7. The quantitative estimate of drug-likeness (QED) is 0.176. The van der Waals surface area contributed by atoms with E-state index in [2.05, 4.69) is 187 Å². The second kappa shape index (κ2) is 12.6. The number of fused-ring (bicyclic) bond motifs is 10. The van der Waals surface area contributed by atoms with Crippen molar-refractivity contribution in [1.29, 1.82) is 0 Å². The van der Waals surface area contributed by atoms with Crippen molar-refractivity contribution in [3.05, 3.63) is 188 Å². The van der Waals surface area contributed by atoms with Crippen LogP contribution in [0.5, 0.6) is 0 Å². The van der Waals surface area contributed by atoms with E-state index in [4.69, 9.17) is 14.4 Å². The zero-order valence-corrected chi connectivity index (χ0v) is 31.4. The highest BCUT2D eigenvalue weighted by Crippen LogP contribution is 2.43. The van der Waals surface area contributed by atoms with Crippen LogP contribution < -0.4 is 0 Å². The maximum Gasteiger partial charge on any atom is 0.164 e. The van der Waals surface area contributed by atoms with Crippen LogP contribution in [0, 0.1) is 0 Å². The van der Waals surface area contributed by atoms with Gasteiger partial charge in [0.05, 0.1) is 28.0 Å². The molecule has 0 aliphatic carbocycles. The van der Waals surface area contributed by atoms with E-state index < -0.39 is 0 Å².